The molecule has 0 aromatic carbocycles. The third-order valence-corrected chi connectivity index (χ3v) is 6.73. The number of nitrogens with two attached hydrogens (primary N) is 1. The second-order valence-corrected chi connectivity index (χ2v) is 8.89. The predicted molar refractivity (Wildman–Crippen MR) is 99.5 cm³/mol. The molecule has 2 atom stereocenters. The maximum absolute atomic E-state index is 12.7. The number of hydrogen-bond acceptors (Lipinski definition) is 6. The van der Waals surface area contributed by atoms with Crippen LogP contribution in [0, 0.1) is 12.3 Å². The number of aromatic nitrogens is 1. The molecule has 0 bridgehead atoms. The Morgan fingerprint density at radius 2 is 2.25 bits per heavy atom. The molecule has 2 unspecified atom stereocenters. The molecule has 130 valence electrons. The smallest absolute Gasteiger partial charge is 0.246 e. The number of nitrogens with zero attached hydrogens (tertiary/aromatic N) is 1. The molecule has 24 heavy (non-hydrogen) atoms. The van der Waals surface area contributed by atoms with Crippen LogP contribution in [0.15, 0.2) is 17.5 Å². The van der Waals surface area contributed by atoms with E-state index >= 15 is 0 Å². The Morgan fingerprint density at radius 3 is 2.83 bits per heavy atom. The number of nitrogens with one attached hydrogen (secondary N) is 1. The van der Waals surface area contributed by atoms with E-state index in [-0.39, 0.29) is 12.0 Å². The average Bonchev–Trinajstić information content (AvgIpc) is 3.15. The first-order chi connectivity index (χ1) is 11.3. The minimum Gasteiger partial charge on any atom is -0.378 e. The Bertz CT molecular complexity index is 753. The minimum absolute atomic E-state index is 0.0131. The third kappa shape index (κ3) is 2.79. The molecular weight excluding hydrogens is 342 g/mol. The van der Waals surface area contributed by atoms with E-state index in [2.05, 4.69) is 23.3 Å². The topological polar surface area (TPSA) is 77.2 Å². The number of aryl methyl sites for hydroxylation is 1. The number of amides is 1. The van der Waals surface area contributed by atoms with Gasteiger partial charge in [-0.3, -0.25) is 4.79 Å². The first kappa shape index (κ1) is 17.5. The van der Waals surface area contributed by atoms with Gasteiger partial charge < -0.3 is 15.8 Å². The van der Waals surface area contributed by atoms with Crippen LogP contribution >= 0.6 is 22.7 Å². The molecule has 5 nitrogen and oxygen atoms in total. The molecule has 1 aliphatic rings. The van der Waals surface area contributed by atoms with E-state index in [0.29, 0.717) is 18.2 Å². The highest BCUT2D eigenvalue weighted by atomic mass is 32.1. The summed E-state index contributed by atoms with van der Waals surface area (Å²) in [6.45, 7) is 8.61. The highest BCUT2D eigenvalue weighted by Gasteiger charge is 2.63. The molecule has 1 aliphatic carbocycles. The molecule has 0 radical (unpaired) electrons. The van der Waals surface area contributed by atoms with Crippen LogP contribution in [0.1, 0.15) is 32.1 Å². The van der Waals surface area contributed by atoms with E-state index in [1.807, 2.05) is 32.2 Å². The van der Waals surface area contributed by atoms with Crippen LogP contribution in [-0.4, -0.2) is 29.1 Å². The van der Waals surface area contributed by atoms with Crippen molar-refractivity contribution in [3.8, 4) is 10.6 Å². The van der Waals surface area contributed by atoms with Gasteiger partial charge in [0.15, 0.2) is 5.13 Å². The van der Waals surface area contributed by atoms with Crippen molar-refractivity contribution < 1.29 is 9.53 Å². The summed E-state index contributed by atoms with van der Waals surface area (Å²) in [5.74, 6) is -0.188. The van der Waals surface area contributed by atoms with Gasteiger partial charge in [0.1, 0.15) is 5.54 Å². The lowest BCUT2D eigenvalue weighted by Crippen LogP contribution is -2.74. The molecule has 0 spiro atoms. The Kier molecular flexibility index (Phi) is 4.55. The number of ether oxygens (including phenoxy) is 1. The highest BCUT2D eigenvalue weighted by molar-refractivity contribution is 7.17. The van der Waals surface area contributed by atoms with E-state index < -0.39 is 11.0 Å². The van der Waals surface area contributed by atoms with E-state index in [1.54, 1.807) is 11.3 Å². The molecule has 1 saturated carbocycles. The van der Waals surface area contributed by atoms with Gasteiger partial charge in [-0.05, 0) is 26.0 Å². The van der Waals surface area contributed by atoms with Crippen LogP contribution in [-0.2, 0) is 9.53 Å². The number of rotatable bonds is 5. The van der Waals surface area contributed by atoms with Crippen LogP contribution in [0.3, 0.4) is 0 Å². The molecular formula is C17H23N3O2S2. The summed E-state index contributed by atoms with van der Waals surface area (Å²) in [6.07, 6.45) is 0.543. The zero-order chi connectivity index (χ0) is 17.5. The molecule has 1 fully saturated rings. The molecule has 2 aromatic rings. The molecule has 2 heterocycles. The molecule has 2 aromatic heterocycles. The normalized spacial score (nSPS) is 25.3. The Labute approximate surface area is 150 Å². The number of anilines is 1. The van der Waals surface area contributed by atoms with Gasteiger partial charge in [0.2, 0.25) is 5.91 Å². The largest absolute Gasteiger partial charge is 0.378 e. The summed E-state index contributed by atoms with van der Waals surface area (Å²) in [4.78, 5) is 19.6. The summed E-state index contributed by atoms with van der Waals surface area (Å²) in [7, 11) is 0. The summed E-state index contributed by atoms with van der Waals surface area (Å²) >= 11 is 3.11. The van der Waals surface area contributed by atoms with Crippen LogP contribution in [0.5, 0.6) is 0 Å². The summed E-state index contributed by atoms with van der Waals surface area (Å²) < 4.78 is 5.68. The van der Waals surface area contributed by atoms with Gasteiger partial charge in [0, 0.05) is 28.7 Å². The molecule has 0 aliphatic heterocycles. The fourth-order valence-corrected chi connectivity index (χ4v) is 4.65. The Morgan fingerprint density at radius 1 is 1.50 bits per heavy atom. The van der Waals surface area contributed by atoms with Crippen LogP contribution < -0.4 is 11.1 Å². The molecule has 1 amide bonds. The average molecular weight is 366 g/mol. The van der Waals surface area contributed by atoms with Gasteiger partial charge in [-0.2, -0.15) is 0 Å². The lowest BCUT2D eigenvalue weighted by Gasteiger charge is -2.57. The number of hydrogen-bond donors (Lipinski definition) is 2. The summed E-state index contributed by atoms with van der Waals surface area (Å²) in [5, 5.41) is 5.43. The maximum atomic E-state index is 12.7. The molecule has 3 N–H and O–H groups in total. The van der Waals surface area contributed by atoms with Gasteiger partial charge >= 0.3 is 0 Å². The predicted octanol–water partition coefficient (Wildman–Crippen LogP) is 3.65. The Balaban J connectivity index is 1.71. The summed E-state index contributed by atoms with van der Waals surface area (Å²) in [5.41, 5.74) is 5.95. The van der Waals surface area contributed by atoms with E-state index in [4.69, 9.17) is 10.5 Å². The van der Waals surface area contributed by atoms with Crippen molar-refractivity contribution in [1.82, 2.24) is 4.98 Å². The van der Waals surface area contributed by atoms with E-state index in [1.165, 1.54) is 16.2 Å². The number of thiophene rings is 1. The van der Waals surface area contributed by atoms with Crippen molar-refractivity contribution >= 4 is 33.7 Å². The standard InChI is InChI=1S/C17H23N3O2S2/c1-5-22-13-8-17(18,16(13,3)4)14(21)20-15-19-11(9-23-15)12-7-6-10(2)24-12/h6-7,9,13H,5,8,18H2,1-4H3,(H,19,20,21). The number of carbonyl (C=O) groups is 1. The minimum atomic E-state index is -0.932. The summed E-state index contributed by atoms with van der Waals surface area (Å²) in [6, 6.07) is 4.12. The van der Waals surface area contributed by atoms with Crippen molar-refractivity contribution in [1.29, 1.82) is 0 Å². The fraction of sp³-hybridized carbons (Fsp3) is 0.529. The van der Waals surface area contributed by atoms with Gasteiger partial charge in [0.05, 0.1) is 16.7 Å². The first-order valence-corrected chi connectivity index (χ1v) is 9.72. The van der Waals surface area contributed by atoms with Gasteiger partial charge in [-0.15, -0.1) is 22.7 Å². The van der Waals surface area contributed by atoms with Gasteiger partial charge in [0.25, 0.3) is 0 Å². The van der Waals surface area contributed by atoms with Crippen LogP contribution in [0.4, 0.5) is 5.13 Å². The van der Waals surface area contributed by atoms with Crippen molar-refractivity contribution in [3.63, 3.8) is 0 Å². The zero-order valence-corrected chi connectivity index (χ0v) is 16.0. The van der Waals surface area contributed by atoms with Crippen molar-refractivity contribution in [2.75, 3.05) is 11.9 Å². The lowest BCUT2D eigenvalue weighted by atomic mass is 9.54. The molecule has 3 rings (SSSR count). The molecule has 7 heteroatoms. The second kappa shape index (κ2) is 6.22. The van der Waals surface area contributed by atoms with Gasteiger partial charge in [-0.25, -0.2) is 4.98 Å². The van der Waals surface area contributed by atoms with Crippen LogP contribution in [0.25, 0.3) is 10.6 Å². The Hall–Kier alpha value is -1.28. The first-order valence-electron chi connectivity index (χ1n) is 8.02. The van der Waals surface area contributed by atoms with E-state index in [9.17, 15) is 4.79 Å². The maximum Gasteiger partial charge on any atom is 0.246 e. The van der Waals surface area contributed by atoms with E-state index in [0.717, 1.165) is 10.6 Å². The third-order valence-electron chi connectivity index (χ3n) is 4.95. The van der Waals surface area contributed by atoms with Crippen molar-refractivity contribution in [2.45, 2.75) is 45.8 Å². The van der Waals surface area contributed by atoms with Gasteiger partial charge in [-0.1, -0.05) is 13.8 Å². The number of thiazole rings is 1. The second-order valence-electron chi connectivity index (χ2n) is 6.74. The zero-order valence-electron chi connectivity index (χ0n) is 14.4. The fourth-order valence-electron chi connectivity index (χ4n) is 3.05. The monoisotopic (exact) mass is 365 g/mol. The molecule has 0 saturated heterocycles. The quantitative estimate of drug-likeness (QED) is 0.848. The number of carbonyl (C=O) groups excluding carboxylic acids is 1. The SMILES string of the molecule is CCOC1CC(N)(C(=O)Nc2nc(-c3ccc(C)s3)cs2)C1(C)C. The van der Waals surface area contributed by atoms with Crippen LogP contribution in [0.2, 0.25) is 0 Å². The van der Waals surface area contributed by atoms with Crippen molar-refractivity contribution in [2.24, 2.45) is 11.1 Å². The lowest BCUT2D eigenvalue weighted by molar-refractivity contribution is -0.166. The van der Waals surface area contributed by atoms with Crippen molar-refractivity contribution in [3.05, 3.63) is 22.4 Å². The highest BCUT2D eigenvalue weighted by Crippen LogP contribution is 2.50.